The number of halogens is 1. The first-order valence-corrected chi connectivity index (χ1v) is 5.83. The molecule has 0 radical (unpaired) electrons. The Morgan fingerprint density at radius 1 is 1.50 bits per heavy atom. The summed E-state index contributed by atoms with van der Waals surface area (Å²) in [5, 5.41) is 0. The van der Waals surface area contributed by atoms with Gasteiger partial charge >= 0.3 is 0 Å². The van der Waals surface area contributed by atoms with Crippen LogP contribution in [0.3, 0.4) is 0 Å². The van der Waals surface area contributed by atoms with Gasteiger partial charge in [0.15, 0.2) is 12.0 Å². The smallest absolute Gasteiger partial charge is 0.182 e. The molecule has 0 spiro atoms. The first-order valence-electron chi connectivity index (χ1n) is 4.75. The molecule has 1 heterocycles. The summed E-state index contributed by atoms with van der Waals surface area (Å²) in [6.07, 6.45) is 2.66. The second kappa shape index (κ2) is 3.88. The van der Waals surface area contributed by atoms with E-state index in [1.807, 2.05) is 0 Å². The summed E-state index contributed by atoms with van der Waals surface area (Å²) in [5.41, 5.74) is 3.21. The van der Waals surface area contributed by atoms with Crippen LogP contribution in [0.15, 0.2) is 22.9 Å². The Kier molecular flexibility index (Phi) is 2.76. The van der Waals surface area contributed by atoms with Crippen molar-refractivity contribution < 1.29 is 4.42 Å². The summed E-state index contributed by atoms with van der Waals surface area (Å²) in [4.78, 5) is 4.19. The highest BCUT2D eigenvalue weighted by atomic mass is 127. The van der Waals surface area contributed by atoms with E-state index in [1.54, 1.807) is 0 Å². The van der Waals surface area contributed by atoms with Gasteiger partial charge in [-0.1, -0.05) is 13.8 Å². The number of rotatable bonds is 2. The van der Waals surface area contributed by atoms with E-state index >= 15 is 0 Å². The summed E-state index contributed by atoms with van der Waals surface area (Å²) in [6.45, 7) is 4.43. The van der Waals surface area contributed by atoms with Gasteiger partial charge in [-0.3, -0.25) is 0 Å². The summed E-state index contributed by atoms with van der Waals surface area (Å²) in [5.74, 6) is 0.588. The SMILES string of the molecule is CCC(C)c1cc(I)c2ocnc2c1. The van der Waals surface area contributed by atoms with Gasteiger partial charge in [0.25, 0.3) is 0 Å². The number of oxazole rings is 1. The Hall–Kier alpha value is -0.580. The molecule has 1 atom stereocenters. The molecule has 1 aromatic carbocycles. The molecular formula is C11H12INO. The van der Waals surface area contributed by atoms with Gasteiger partial charge in [-0.25, -0.2) is 4.98 Å². The third-order valence-electron chi connectivity index (χ3n) is 2.59. The lowest BCUT2D eigenvalue weighted by molar-refractivity contribution is 0.600. The molecule has 74 valence electrons. The van der Waals surface area contributed by atoms with Crippen LogP contribution >= 0.6 is 22.6 Å². The zero-order chi connectivity index (χ0) is 10.1. The lowest BCUT2D eigenvalue weighted by atomic mass is 9.98. The van der Waals surface area contributed by atoms with Gasteiger partial charge in [-0.05, 0) is 52.6 Å². The van der Waals surface area contributed by atoms with Crippen molar-refractivity contribution in [3.05, 3.63) is 27.7 Å². The lowest BCUT2D eigenvalue weighted by Crippen LogP contribution is -1.92. The highest BCUT2D eigenvalue weighted by Gasteiger charge is 2.09. The number of fused-ring (bicyclic) bond motifs is 1. The van der Waals surface area contributed by atoms with Crippen LogP contribution in [0.5, 0.6) is 0 Å². The lowest BCUT2D eigenvalue weighted by Gasteiger charge is -2.08. The van der Waals surface area contributed by atoms with Gasteiger partial charge < -0.3 is 4.42 Å². The molecule has 3 heteroatoms. The molecule has 0 aliphatic rings. The van der Waals surface area contributed by atoms with Gasteiger partial charge in [0, 0.05) is 0 Å². The molecule has 2 rings (SSSR count). The minimum atomic E-state index is 0.588. The molecule has 0 saturated heterocycles. The standard InChI is InChI=1S/C11H12INO/c1-3-7(2)8-4-9(12)11-10(5-8)13-6-14-11/h4-7H,3H2,1-2H3. The van der Waals surface area contributed by atoms with Gasteiger partial charge in [0.1, 0.15) is 5.52 Å². The highest BCUT2D eigenvalue weighted by Crippen LogP contribution is 2.27. The van der Waals surface area contributed by atoms with Gasteiger partial charge in [0.05, 0.1) is 3.57 Å². The summed E-state index contributed by atoms with van der Waals surface area (Å²) in [7, 11) is 0. The minimum Gasteiger partial charge on any atom is -0.442 e. The summed E-state index contributed by atoms with van der Waals surface area (Å²) in [6, 6.07) is 4.30. The van der Waals surface area contributed by atoms with Crippen molar-refractivity contribution in [2.24, 2.45) is 0 Å². The van der Waals surface area contributed by atoms with Crippen LogP contribution in [0.2, 0.25) is 0 Å². The van der Waals surface area contributed by atoms with Crippen molar-refractivity contribution in [2.45, 2.75) is 26.2 Å². The first-order chi connectivity index (χ1) is 6.72. The second-order valence-electron chi connectivity index (χ2n) is 3.51. The molecule has 1 unspecified atom stereocenters. The van der Waals surface area contributed by atoms with Gasteiger partial charge in [-0.2, -0.15) is 0 Å². The van der Waals surface area contributed by atoms with Crippen LogP contribution in [0.4, 0.5) is 0 Å². The van der Waals surface area contributed by atoms with E-state index in [0.717, 1.165) is 21.1 Å². The maximum Gasteiger partial charge on any atom is 0.182 e. The van der Waals surface area contributed by atoms with Crippen LogP contribution < -0.4 is 0 Å². The summed E-state index contributed by atoms with van der Waals surface area (Å²) >= 11 is 2.30. The predicted octanol–water partition coefficient (Wildman–Crippen LogP) is 3.95. The fourth-order valence-corrected chi connectivity index (χ4v) is 2.23. The molecule has 14 heavy (non-hydrogen) atoms. The van der Waals surface area contributed by atoms with Crippen molar-refractivity contribution >= 4 is 33.7 Å². The molecule has 2 nitrogen and oxygen atoms in total. The van der Waals surface area contributed by atoms with Crippen LogP contribution in [0, 0.1) is 3.57 Å². The average Bonchev–Trinajstić information content (AvgIpc) is 2.64. The van der Waals surface area contributed by atoms with Crippen molar-refractivity contribution in [3.8, 4) is 0 Å². The highest BCUT2D eigenvalue weighted by molar-refractivity contribution is 14.1. The maximum atomic E-state index is 5.30. The van der Waals surface area contributed by atoms with E-state index in [2.05, 4.69) is 53.6 Å². The Balaban J connectivity index is 2.58. The molecule has 0 N–H and O–H groups in total. The van der Waals surface area contributed by atoms with Crippen LogP contribution in [-0.4, -0.2) is 4.98 Å². The molecule has 0 aliphatic heterocycles. The van der Waals surface area contributed by atoms with Crippen molar-refractivity contribution in [1.29, 1.82) is 0 Å². The Morgan fingerprint density at radius 3 is 3.00 bits per heavy atom. The fraction of sp³-hybridized carbons (Fsp3) is 0.364. The number of benzene rings is 1. The summed E-state index contributed by atoms with van der Waals surface area (Å²) < 4.78 is 6.44. The van der Waals surface area contributed by atoms with E-state index in [9.17, 15) is 0 Å². The molecule has 0 amide bonds. The van der Waals surface area contributed by atoms with E-state index in [4.69, 9.17) is 4.42 Å². The van der Waals surface area contributed by atoms with Crippen LogP contribution in [-0.2, 0) is 0 Å². The number of hydrogen-bond acceptors (Lipinski definition) is 2. The molecule has 0 saturated carbocycles. The number of aromatic nitrogens is 1. The molecule has 0 aliphatic carbocycles. The van der Waals surface area contributed by atoms with Crippen molar-refractivity contribution in [1.82, 2.24) is 4.98 Å². The van der Waals surface area contributed by atoms with Gasteiger partial charge in [0.2, 0.25) is 0 Å². The maximum absolute atomic E-state index is 5.30. The van der Waals surface area contributed by atoms with E-state index in [0.29, 0.717) is 5.92 Å². The quantitative estimate of drug-likeness (QED) is 0.785. The third kappa shape index (κ3) is 1.65. The topological polar surface area (TPSA) is 26.0 Å². The van der Waals surface area contributed by atoms with Crippen LogP contribution in [0.1, 0.15) is 31.7 Å². The first kappa shape index (κ1) is 9.96. The Bertz CT molecular complexity index is 449. The molecular weight excluding hydrogens is 289 g/mol. The average molecular weight is 301 g/mol. The number of nitrogens with zero attached hydrogens (tertiary/aromatic N) is 1. The zero-order valence-corrected chi connectivity index (χ0v) is 10.4. The zero-order valence-electron chi connectivity index (χ0n) is 8.25. The molecule has 0 fully saturated rings. The van der Waals surface area contributed by atoms with Crippen LogP contribution in [0.25, 0.3) is 11.1 Å². The largest absolute Gasteiger partial charge is 0.442 e. The molecule has 1 aromatic heterocycles. The van der Waals surface area contributed by atoms with E-state index < -0.39 is 0 Å². The van der Waals surface area contributed by atoms with Crippen molar-refractivity contribution in [3.63, 3.8) is 0 Å². The monoisotopic (exact) mass is 301 g/mol. The Labute approximate surface area is 96.8 Å². The van der Waals surface area contributed by atoms with E-state index in [1.165, 1.54) is 12.0 Å². The van der Waals surface area contributed by atoms with E-state index in [-0.39, 0.29) is 0 Å². The molecule has 2 aromatic rings. The predicted molar refractivity (Wildman–Crippen MR) is 65.4 cm³/mol. The minimum absolute atomic E-state index is 0.588. The van der Waals surface area contributed by atoms with Crippen molar-refractivity contribution in [2.75, 3.05) is 0 Å². The number of hydrogen-bond donors (Lipinski definition) is 0. The Morgan fingerprint density at radius 2 is 2.29 bits per heavy atom. The third-order valence-corrected chi connectivity index (χ3v) is 3.39. The van der Waals surface area contributed by atoms with Gasteiger partial charge in [-0.15, -0.1) is 0 Å². The molecule has 0 bridgehead atoms. The second-order valence-corrected chi connectivity index (χ2v) is 4.67. The normalized spacial score (nSPS) is 13.4. The fourth-order valence-electron chi connectivity index (χ4n) is 1.47.